The van der Waals surface area contributed by atoms with Crippen LogP contribution in [-0.2, 0) is 4.74 Å². The number of ether oxygens (including phenoxy) is 1. The highest BCUT2D eigenvalue weighted by molar-refractivity contribution is 5.12. The molecule has 2 rings (SSSR count). The van der Waals surface area contributed by atoms with Gasteiger partial charge in [-0.25, -0.2) is 0 Å². The predicted octanol–water partition coefficient (Wildman–Crippen LogP) is 3.36. The first-order valence-electron chi connectivity index (χ1n) is 7.39. The molecule has 2 saturated carbocycles. The molecule has 0 aromatic carbocycles. The van der Waals surface area contributed by atoms with Gasteiger partial charge in [0.25, 0.3) is 0 Å². The molecule has 0 aromatic heterocycles. The number of hydrogen-bond acceptors (Lipinski definition) is 2. The van der Waals surface area contributed by atoms with Gasteiger partial charge in [-0.3, -0.25) is 0 Å². The lowest BCUT2D eigenvalue weighted by atomic mass is 9.51. The van der Waals surface area contributed by atoms with Gasteiger partial charge >= 0.3 is 0 Å². The fourth-order valence-electron chi connectivity index (χ4n) is 3.25. The molecule has 1 N–H and O–H groups in total. The highest BCUT2D eigenvalue weighted by Gasteiger charge is 2.58. The molecule has 0 aliphatic heterocycles. The third kappa shape index (κ3) is 2.39. The Hall–Kier alpha value is -0.0800. The second-order valence-electron chi connectivity index (χ2n) is 6.72. The molecule has 2 aliphatic carbocycles. The van der Waals surface area contributed by atoms with Crippen molar-refractivity contribution in [2.24, 2.45) is 10.8 Å². The van der Waals surface area contributed by atoms with Crippen molar-refractivity contribution in [1.82, 2.24) is 5.32 Å². The van der Waals surface area contributed by atoms with Crippen LogP contribution in [0.2, 0.25) is 0 Å². The van der Waals surface area contributed by atoms with Crippen LogP contribution in [0.1, 0.15) is 59.8 Å². The van der Waals surface area contributed by atoms with Crippen molar-refractivity contribution >= 4 is 0 Å². The van der Waals surface area contributed by atoms with Crippen molar-refractivity contribution in [2.75, 3.05) is 13.2 Å². The van der Waals surface area contributed by atoms with Crippen LogP contribution in [-0.4, -0.2) is 25.3 Å². The van der Waals surface area contributed by atoms with Crippen LogP contribution in [0.25, 0.3) is 0 Å². The van der Waals surface area contributed by atoms with Crippen molar-refractivity contribution in [2.45, 2.75) is 71.9 Å². The zero-order valence-electron chi connectivity index (χ0n) is 12.0. The summed E-state index contributed by atoms with van der Waals surface area (Å²) in [6, 6.07) is 0.721. The lowest BCUT2D eigenvalue weighted by Gasteiger charge is -2.61. The average Bonchev–Trinajstić information content (AvgIpc) is 2.20. The molecule has 0 amide bonds. The van der Waals surface area contributed by atoms with Gasteiger partial charge < -0.3 is 10.1 Å². The van der Waals surface area contributed by atoms with E-state index in [1.807, 2.05) is 0 Å². The molecular weight excluding hydrogens is 210 g/mol. The maximum absolute atomic E-state index is 5.88. The summed E-state index contributed by atoms with van der Waals surface area (Å²) in [5.74, 6) is 0. The highest BCUT2D eigenvalue weighted by atomic mass is 16.5. The Morgan fingerprint density at radius 1 is 1.29 bits per heavy atom. The van der Waals surface area contributed by atoms with Crippen LogP contribution >= 0.6 is 0 Å². The Bertz CT molecular complexity index is 258. The van der Waals surface area contributed by atoms with Crippen molar-refractivity contribution in [3.8, 4) is 0 Å². The van der Waals surface area contributed by atoms with Crippen LogP contribution in [0.4, 0.5) is 0 Å². The number of hydrogen-bond donors (Lipinski definition) is 1. The standard InChI is InChI=1S/C15H29NO/c1-5-14(3,4)11-16-12-10-13(17-6-2)15(12)8-7-9-15/h12-13,16H,5-11H2,1-4H3. The van der Waals surface area contributed by atoms with E-state index < -0.39 is 0 Å². The van der Waals surface area contributed by atoms with E-state index in [0.717, 1.165) is 19.2 Å². The molecule has 0 aromatic rings. The molecule has 0 bridgehead atoms. The summed E-state index contributed by atoms with van der Waals surface area (Å²) < 4.78 is 5.88. The smallest absolute Gasteiger partial charge is 0.0661 e. The van der Waals surface area contributed by atoms with Crippen molar-refractivity contribution in [3.63, 3.8) is 0 Å². The summed E-state index contributed by atoms with van der Waals surface area (Å²) in [5, 5.41) is 3.81. The van der Waals surface area contributed by atoms with E-state index in [1.165, 1.54) is 32.1 Å². The summed E-state index contributed by atoms with van der Waals surface area (Å²) in [7, 11) is 0. The minimum absolute atomic E-state index is 0.432. The van der Waals surface area contributed by atoms with Crippen LogP contribution in [0.5, 0.6) is 0 Å². The van der Waals surface area contributed by atoms with Crippen molar-refractivity contribution < 1.29 is 4.74 Å². The van der Waals surface area contributed by atoms with Gasteiger partial charge in [0.15, 0.2) is 0 Å². The normalized spacial score (nSPS) is 31.1. The van der Waals surface area contributed by atoms with Crippen LogP contribution in [0.15, 0.2) is 0 Å². The molecule has 2 atom stereocenters. The van der Waals surface area contributed by atoms with E-state index in [4.69, 9.17) is 4.74 Å². The van der Waals surface area contributed by atoms with E-state index in [0.29, 0.717) is 16.9 Å². The molecule has 0 heterocycles. The third-order valence-corrected chi connectivity index (χ3v) is 5.22. The molecule has 2 unspecified atom stereocenters. The Kier molecular flexibility index (Phi) is 3.84. The molecule has 0 saturated heterocycles. The molecular formula is C15H29NO. The second kappa shape index (κ2) is 4.89. The maximum Gasteiger partial charge on any atom is 0.0661 e. The molecule has 2 fully saturated rings. The van der Waals surface area contributed by atoms with E-state index in [-0.39, 0.29) is 0 Å². The number of rotatable bonds is 6. The topological polar surface area (TPSA) is 21.3 Å². The monoisotopic (exact) mass is 239 g/mol. The zero-order valence-corrected chi connectivity index (χ0v) is 12.0. The quantitative estimate of drug-likeness (QED) is 0.767. The van der Waals surface area contributed by atoms with Gasteiger partial charge in [0.1, 0.15) is 0 Å². The second-order valence-corrected chi connectivity index (χ2v) is 6.72. The van der Waals surface area contributed by atoms with Gasteiger partial charge in [-0.15, -0.1) is 0 Å². The van der Waals surface area contributed by atoms with Crippen molar-refractivity contribution in [1.29, 1.82) is 0 Å². The maximum atomic E-state index is 5.88. The average molecular weight is 239 g/mol. The van der Waals surface area contributed by atoms with Gasteiger partial charge in [0, 0.05) is 24.6 Å². The first kappa shape index (κ1) is 13.4. The highest BCUT2D eigenvalue weighted by Crippen LogP contribution is 2.57. The largest absolute Gasteiger partial charge is 0.378 e. The molecule has 0 radical (unpaired) electrons. The summed E-state index contributed by atoms with van der Waals surface area (Å²) in [5.41, 5.74) is 0.946. The molecule has 2 aliphatic rings. The van der Waals surface area contributed by atoms with Gasteiger partial charge in [0.05, 0.1) is 6.10 Å². The summed E-state index contributed by atoms with van der Waals surface area (Å²) in [4.78, 5) is 0. The molecule has 17 heavy (non-hydrogen) atoms. The Morgan fingerprint density at radius 2 is 2.00 bits per heavy atom. The zero-order chi connectivity index (χ0) is 12.5. The lowest BCUT2D eigenvalue weighted by Crippen LogP contribution is -2.67. The van der Waals surface area contributed by atoms with Gasteiger partial charge in [0.2, 0.25) is 0 Å². The third-order valence-electron chi connectivity index (χ3n) is 5.22. The van der Waals surface area contributed by atoms with E-state index in [1.54, 1.807) is 0 Å². The van der Waals surface area contributed by atoms with Gasteiger partial charge in [-0.1, -0.05) is 27.2 Å². The minimum atomic E-state index is 0.432. The lowest BCUT2D eigenvalue weighted by molar-refractivity contribution is -0.173. The van der Waals surface area contributed by atoms with E-state index in [9.17, 15) is 0 Å². The van der Waals surface area contributed by atoms with Gasteiger partial charge in [-0.05, 0) is 38.0 Å². The fraction of sp³-hybridized carbons (Fsp3) is 1.00. The summed E-state index contributed by atoms with van der Waals surface area (Å²) in [6.07, 6.45) is 7.17. The minimum Gasteiger partial charge on any atom is -0.378 e. The Labute approximate surface area is 107 Å². The van der Waals surface area contributed by atoms with E-state index in [2.05, 4.69) is 33.0 Å². The van der Waals surface area contributed by atoms with Crippen LogP contribution in [0, 0.1) is 10.8 Å². The molecule has 100 valence electrons. The summed E-state index contributed by atoms with van der Waals surface area (Å²) >= 11 is 0. The Morgan fingerprint density at radius 3 is 2.47 bits per heavy atom. The van der Waals surface area contributed by atoms with Crippen LogP contribution in [0.3, 0.4) is 0 Å². The molecule has 2 heteroatoms. The van der Waals surface area contributed by atoms with Crippen LogP contribution < -0.4 is 5.32 Å². The molecule has 1 spiro atoms. The first-order valence-corrected chi connectivity index (χ1v) is 7.39. The SMILES string of the molecule is CCOC1CC(NCC(C)(C)CC)C12CCC2. The van der Waals surface area contributed by atoms with E-state index >= 15 is 0 Å². The summed E-state index contributed by atoms with van der Waals surface area (Å²) in [6.45, 7) is 11.1. The Balaban J connectivity index is 1.83. The van der Waals surface area contributed by atoms with Crippen molar-refractivity contribution in [3.05, 3.63) is 0 Å². The first-order chi connectivity index (χ1) is 8.04. The fourth-order valence-corrected chi connectivity index (χ4v) is 3.25. The molecule has 2 nitrogen and oxygen atoms in total. The number of nitrogens with one attached hydrogen (secondary N) is 1. The predicted molar refractivity (Wildman–Crippen MR) is 72.2 cm³/mol. The van der Waals surface area contributed by atoms with Gasteiger partial charge in [-0.2, -0.15) is 0 Å².